The average molecular weight is 222 g/mol. The molecule has 0 saturated heterocycles. The molecule has 1 fully saturated rings. The van der Waals surface area contributed by atoms with Gasteiger partial charge < -0.3 is 14.6 Å². The molecule has 0 aliphatic heterocycles. The van der Waals surface area contributed by atoms with Crippen LogP contribution in [0.15, 0.2) is 18.2 Å². The summed E-state index contributed by atoms with van der Waals surface area (Å²) >= 11 is 0. The number of rotatable bonds is 4. The Hall–Kier alpha value is -1.22. The molecule has 88 valence electrons. The second-order valence-corrected chi connectivity index (χ2v) is 4.40. The molecule has 1 aliphatic rings. The van der Waals surface area contributed by atoms with E-state index in [1.54, 1.807) is 14.2 Å². The lowest BCUT2D eigenvalue weighted by Crippen LogP contribution is -2.06. The third-order valence-corrected chi connectivity index (χ3v) is 3.34. The van der Waals surface area contributed by atoms with Crippen LogP contribution in [0.25, 0.3) is 0 Å². The van der Waals surface area contributed by atoms with Gasteiger partial charge in [0, 0.05) is 0 Å². The summed E-state index contributed by atoms with van der Waals surface area (Å²) in [7, 11) is 3.22. The van der Waals surface area contributed by atoms with Gasteiger partial charge in [0.05, 0.1) is 25.9 Å². The second-order valence-electron chi connectivity index (χ2n) is 4.40. The molecule has 3 unspecified atom stereocenters. The average Bonchev–Trinajstić information content (AvgIpc) is 3.04. The monoisotopic (exact) mass is 222 g/mol. The van der Waals surface area contributed by atoms with Crippen LogP contribution >= 0.6 is 0 Å². The first-order chi connectivity index (χ1) is 7.69. The van der Waals surface area contributed by atoms with Gasteiger partial charge in [-0.1, -0.05) is 13.0 Å². The van der Waals surface area contributed by atoms with E-state index in [-0.39, 0.29) is 0 Å². The molecule has 3 atom stereocenters. The van der Waals surface area contributed by atoms with Gasteiger partial charge in [-0.25, -0.2) is 0 Å². The lowest BCUT2D eigenvalue weighted by molar-refractivity contribution is 0.140. The summed E-state index contributed by atoms with van der Waals surface area (Å²) in [5.41, 5.74) is 0.779. The molecule has 1 N–H and O–H groups in total. The number of aliphatic hydroxyl groups is 1. The van der Waals surface area contributed by atoms with Gasteiger partial charge in [0.25, 0.3) is 0 Å². The van der Waals surface area contributed by atoms with E-state index >= 15 is 0 Å². The topological polar surface area (TPSA) is 38.7 Å². The van der Waals surface area contributed by atoms with Crippen LogP contribution in [0.5, 0.6) is 11.5 Å². The Morgan fingerprint density at radius 2 is 1.75 bits per heavy atom. The van der Waals surface area contributed by atoms with Crippen molar-refractivity contribution in [3.05, 3.63) is 23.8 Å². The maximum atomic E-state index is 10.3. The summed E-state index contributed by atoms with van der Waals surface area (Å²) in [6.07, 6.45) is 0.587. The highest BCUT2D eigenvalue weighted by Gasteiger charge is 2.41. The highest BCUT2D eigenvalue weighted by atomic mass is 16.5. The summed E-state index contributed by atoms with van der Waals surface area (Å²) in [5, 5.41) is 10.3. The molecule has 0 bridgehead atoms. The Bertz CT molecular complexity index is 353. The molecular formula is C13H18O3. The van der Waals surface area contributed by atoms with Gasteiger partial charge in [0.1, 0.15) is 11.5 Å². The quantitative estimate of drug-likeness (QED) is 0.850. The van der Waals surface area contributed by atoms with E-state index < -0.39 is 6.10 Å². The summed E-state index contributed by atoms with van der Waals surface area (Å²) in [4.78, 5) is 0. The molecule has 16 heavy (non-hydrogen) atoms. The summed E-state index contributed by atoms with van der Waals surface area (Å²) < 4.78 is 10.6. The number of ether oxygens (including phenoxy) is 2. The van der Waals surface area contributed by atoms with Crippen molar-refractivity contribution in [2.75, 3.05) is 14.2 Å². The van der Waals surface area contributed by atoms with Gasteiger partial charge in [0.2, 0.25) is 0 Å². The van der Waals surface area contributed by atoms with Gasteiger partial charge >= 0.3 is 0 Å². The van der Waals surface area contributed by atoms with Gasteiger partial charge in [-0.2, -0.15) is 0 Å². The van der Waals surface area contributed by atoms with Gasteiger partial charge in [-0.15, -0.1) is 0 Å². The number of methoxy groups -OCH3 is 2. The molecule has 0 spiro atoms. The second kappa shape index (κ2) is 4.34. The number of hydrogen-bond acceptors (Lipinski definition) is 3. The van der Waals surface area contributed by atoms with Crippen molar-refractivity contribution in [2.24, 2.45) is 11.8 Å². The zero-order chi connectivity index (χ0) is 11.7. The lowest BCUT2D eigenvalue weighted by atomic mass is 10.0. The molecule has 0 radical (unpaired) electrons. The summed E-state index contributed by atoms with van der Waals surface area (Å²) in [6, 6.07) is 5.58. The van der Waals surface area contributed by atoms with Crippen molar-refractivity contribution < 1.29 is 14.6 Å². The normalized spacial score (nSPS) is 25.0. The Kier molecular flexibility index (Phi) is 3.06. The Morgan fingerprint density at radius 3 is 2.12 bits per heavy atom. The lowest BCUT2D eigenvalue weighted by Gasteiger charge is -2.17. The van der Waals surface area contributed by atoms with Gasteiger partial charge in [0.15, 0.2) is 0 Å². The van der Waals surface area contributed by atoms with E-state index in [1.807, 2.05) is 18.2 Å². The molecule has 3 heteroatoms. The van der Waals surface area contributed by atoms with Crippen LogP contribution in [0, 0.1) is 11.8 Å². The molecule has 1 aromatic rings. The highest BCUT2D eigenvalue weighted by molar-refractivity contribution is 5.47. The van der Waals surface area contributed by atoms with Crippen molar-refractivity contribution in [1.29, 1.82) is 0 Å². The summed E-state index contributed by atoms with van der Waals surface area (Å²) in [6.45, 7) is 2.15. The van der Waals surface area contributed by atoms with Crippen molar-refractivity contribution in [2.45, 2.75) is 19.4 Å². The predicted molar refractivity (Wildman–Crippen MR) is 61.8 cm³/mol. The standard InChI is InChI=1S/C13H18O3/c1-8-7-9(8)13(14)12-10(15-2)5-4-6-11(12)16-3/h4-6,8-9,13-14H,7H2,1-3H3. The molecule has 1 aromatic carbocycles. The number of hydrogen-bond donors (Lipinski definition) is 1. The van der Waals surface area contributed by atoms with Gasteiger partial charge in [-0.05, 0) is 30.4 Å². The van der Waals surface area contributed by atoms with Crippen LogP contribution in [0.1, 0.15) is 25.0 Å². The van der Waals surface area contributed by atoms with Crippen molar-refractivity contribution in [1.82, 2.24) is 0 Å². The minimum Gasteiger partial charge on any atom is -0.496 e. The minimum absolute atomic E-state index is 0.338. The first-order valence-corrected chi connectivity index (χ1v) is 5.58. The summed E-state index contributed by atoms with van der Waals surface area (Å²) in [5.74, 6) is 2.33. The highest BCUT2D eigenvalue weighted by Crippen LogP contribution is 2.50. The zero-order valence-electron chi connectivity index (χ0n) is 9.93. The van der Waals surface area contributed by atoms with Crippen LogP contribution in [0.2, 0.25) is 0 Å². The van der Waals surface area contributed by atoms with Crippen LogP contribution in [0.3, 0.4) is 0 Å². The Morgan fingerprint density at radius 1 is 1.25 bits per heavy atom. The van der Waals surface area contributed by atoms with E-state index in [0.29, 0.717) is 23.3 Å². The van der Waals surface area contributed by atoms with Crippen molar-refractivity contribution in [3.63, 3.8) is 0 Å². The maximum Gasteiger partial charge on any atom is 0.128 e. The predicted octanol–water partition coefficient (Wildman–Crippen LogP) is 2.39. The van der Waals surface area contributed by atoms with Crippen LogP contribution in [-0.2, 0) is 0 Å². The van der Waals surface area contributed by atoms with Crippen molar-refractivity contribution in [3.8, 4) is 11.5 Å². The van der Waals surface area contributed by atoms with E-state index in [9.17, 15) is 5.11 Å². The van der Waals surface area contributed by atoms with Crippen LogP contribution in [-0.4, -0.2) is 19.3 Å². The Labute approximate surface area is 96.0 Å². The molecule has 2 rings (SSSR count). The number of aliphatic hydroxyl groups excluding tert-OH is 1. The fourth-order valence-electron chi connectivity index (χ4n) is 2.18. The van der Waals surface area contributed by atoms with E-state index in [0.717, 1.165) is 12.0 Å². The molecule has 1 saturated carbocycles. The smallest absolute Gasteiger partial charge is 0.128 e. The molecule has 0 amide bonds. The SMILES string of the molecule is COc1cccc(OC)c1C(O)C1CC1C. The third-order valence-electron chi connectivity index (χ3n) is 3.34. The Balaban J connectivity index is 2.36. The molecular weight excluding hydrogens is 204 g/mol. The van der Waals surface area contributed by atoms with E-state index in [2.05, 4.69) is 6.92 Å². The van der Waals surface area contributed by atoms with E-state index in [1.165, 1.54) is 0 Å². The first kappa shape index (κ1) is 11.3. The third kappa shape index (κ3) is 1.87. The fraction of sp³-hybridized carbons (Fsp3) is 0.538. The van der Waals surface area contributed by atoms with Crippen LogP contribution in [0.4, 0.5) is 0 Å². The van der Waals surface area contributed by atoms with Gasteiger partial charge in [-0.3, -0.25) is 0 Å². The van der Waals surface area contributed by atoms with Crippen molar-refractivity contribution >= 4 is 0 Å². The molecule has 1 aliphatic carbocycles. The minimum atomic E-state index is -0.485. The van der Waals surface area contributed by atoms with E-state index in [4.69, 9.17) is 9.47 Å². The zero-order valence-corrected chi connectivity index (χ0v) is 9.93. The molecule has 0 heterocycles. The molecule has 3 nitrogen and oxygen atoms in total. The fourth-order valence-corrected chi connectivity index (χ4v) is 2.18. The first-order valence-electron chi connectivity index (χ1n) is 5.58. The largest absolute Gasteiger partial charge is 0.496 e. The number of benzene rings is 1. The maximum absolute atomic E-state index is 10.3. The van der Waals surface area contributed by atoms with Crippen LogP contribution < -0.4 is 9.47 Å². The molecule has 0 aromatic heterocycles.